The summed E-state index contributed by atoms with van der Waals surface area (Å²) in [5.74, 6) is 0.738. The molecule has 0 amide bonds. The minimum atomic E-state index is -1.85. The normalized spacial score (nSPS) is 15.1. The number of rotatable bonds is 4. The highest BCUT2D eigenvalue weighted by molar-refractivity contribution is 6.89. The van der Waals surface area contributed by atoms with E-state index in [9.17, 15) is 0 Å². The molecule has 306 valence electrons. The lowest BCUT2D eigenvalue weighted by Gasteiger charge is -2.23. The molecule has 11 aromatic rings. The highest BCUT2D eigenvalue weighted by Gasteiger charge is 2.67. The number of aryl methyl sites for hydroxylation is 2. The molecule has 0 radical (unpaired) electrons. The van der Waals surface area contributed by atoms with Crippen molar-refractivity contribution in [2.45, 2.75) is 39.2 Å². The molecule has 2 aliphatic heterocycles. The molecule has 0 aliphatic carbocycles. The van der Waals surface area contributed by atoms with Gasteiger partial charge in [0.1, 0.15) is 22.7 Å². The van der Waals surface area contributed by atoms with Crippen LogP contribution in [0, 0.1) is 19.7 Å². The average Bonchev–Trinajstić information content (AvgIpc) is 4.02. The first kappa shape index (κ1) is 37.2. The lowest BCUT2D eigenvalue weighted by atomic mass is 9.88. The van der Waals surface area contributed by atoms with Crippen molar-refractivity contribution in [1.82, 2.24) is 4.57 Å². The maximum atomic E-state index is 16.6. The number of benzene rings is 8. The van der Waals surface area contributed by atoms with Gasteiger partial charge in [-0.1, -0.05) is 128 Å². The quantitative estimate of drug-likeness (QED) is 0.128. The molecule has 2 aliphatic rings. The zero-order valence-corrected chi connectivity index (χ0v) is 37.4. The molecular weight excluding hydrogens is 802 g/mol. The number of aromatic nitrogens is 3. The Labute approximate surface area is 371 Å². The molecule has 6 heteroatoms. The van der Waals surface area contributed by atoms with E-state index >= 15 is 4.39 Å². The van der Waals surface area contributed by atoms with Crippen LogP contribution in [0.2, 0.25) is 19.6 Å². The zero-order valence-electron chi connectivity index (χ0n) is 36.4. The highest BCUT2D eigenvalue weighted by atomic mass is 28.3. The number of halogens is 1. The van der Waals surface area contributed by atoms with Crippen molar-refractivity contribution >= 4 is 57.0 Å². The van der Waals surface area contributed by atoms with E-state index in [1.54, 1.807) is 6.07 Å². The largest absolute Gasteiger partial charge is 0.455 e. The molecule has 5 heterocycles. The third kappa shape index (κ3) is 4.86. The van der Waals surface area contributed by atoms with Gasteiger partial charge >= 0.3 is 11.5 Å². The fourth-order valence-electron chi connectivity index (χ4n) is 11.3. The van der Waals surface area contributed by atoms with Crippen LogP contribution in [0.15, 0.2) is 180 Å². The third-order valence-electron chi connectivity index (χ3n) is 14.0. The second-order valence-corrected chi connectivity index (χ2v) is 23.8. The number of para-hydroxylation sites is 2. The summed E-state index contributed by atoms with van der Waals surface area (Å²) in [6.07, 6.45) is 2.48. The minimum Gasteiger partial charge on any atom is -0.455 e. The van der Waals surface area contributed by atoms with Gasteiger partial charge in [0, 0.05) is 38.4 Å². The van der Waals surface area contributed by atoms with E-state index in [0.717, 1.165) is 83.3 Å². The van der Waals surface area contributed by atoms with Crippen molar-refractivity contribution < 1.29 is 17.9 Å². The van der Waals surface area contributed by atoms with E-state index in [2.05, 4.69) is 181 Å². The molecule has 1 atom stereocenters. The van der Waals surface area contributed by atoms with E-state index in [4.69, 9.17) is 4.42 Å². The monoisotopic (exact) mass is 845 g/mol. The van der Waals surface area contributed by atoms with Gasteiger partial charge in [0.15, 0.2) is 22.8 Å². The second-order valence-electron chi connectivity index (χ2n) is 18.8. The van der Waals surface area contributed by atoms with E-state index in [1.165, 1.54) is 33.1 Å². The average molecular weight is 846 g/mol. The van der Waals surface area contributed by atoms with Crippen molar-refractivity contribution in [3.05, 3.63) is 204 Å². The van der Waals surface area contributed by atoms with Crippen LogP contribution in [0.4, 0.5) is 4.39 Å². The Hall–Kier alpha value is -7.41. The summed E-state index contributed by atoms with van der Waals surface area (Å²) >= 11 is 0. The Kier molecular flexibility index (Phi) is 7.59. The Morgan fingerprint density at radius 1 is 0.594 bits per heavy atom. The first-order valence-corrected chi connectivity index (χ1v) is 25.7. The van der Waals surface area contributed by atoms with Crippen LogP contribution >= 0.6 is 0 Å². The SMILES string of the molecule is Cc1ccc(-c2ccc3c(c2)oc2c4c(ccc23)C2(c3ccccc3-c3cc(C)c([Si](C)(C)C)c[n+]32)[n+]2c-4n(-c3c(-c4ccccc4)cc(F)c4ccccc34)c3ccccc32)cc1. The summed E-state index contributed by atoms with van der Waals surface area (Å²) in [7, 11) is -1.85. The predicted molar refractivity (Wildman–Crippen MR) is 261 cm³/mol. The van der Waals surface area contributed by atoms with Crippen LogP contribution in [0.25, 0.3) is 94.3 Å². The van der Waals surface area contributed by atoms with Crippen LogP contribution in [0.3, 0.4) is 0 Å². The molecule has 8 aromatic carbocycles. The summed E-state index contributed by atoms with van der Waals surface area (Å²) in [6.45, 7) is 11.7. The van der Waals surface area contributed by atoms with Crippen molar-refractivity contribution in [1.29, 1.82) is 0 Å². The van der Waals surface area contributed by atoms with Crippen LogP contribution < -0.4 is 14.3 Å². The van der Waals surface area contributed by atoms with E-state index in [1.807, 2.05) is 36.4 Å². The number of pyridine rings is 1. The first-order chi connectivity index (χ1) is 31.1. The Morgan fingerprint density at radius 2 is 1.30 bits per heavy atom. The molecule has 0 N–H and O–H groups in total. The molecule has 0 saturated carbocycles. The van der Waals surface area contributed by atoms with Gasteiger partial charge < -0.3 is 4.42 Å². The van der Waals surface area contributed by atoms with Gasteiger partial charge in [0.25, 0.3) is 0 Å². The molecule has 0 bridgehead atoms. The molecular formula is C58H44FN3OSi+2. The predicted octanol–water partition coefficient (Wildman–Crippen LogP) is 13.2. The van der Waals surface area contributed by atoms with Crippen LogP contribution in [-0.2, 0) is 5.66 Å². The summed E-state index contributed by atoms with van der Waals surface area (Å²) in [5.41, 5.74) is 16.2. The third-order valence-corrected chi connectivity index (χ3v) is 16.2. The van der Waals surface area contributed by atoms with Gasteiger partial charge in [-0.15, -0.1) is 9.13 Å². The van der Waals surface area contributed by atoms with Crippen molar-refractivity contribution in [2.75, 3.05) is 0 Å². The van der Waals surface area contributed by atoms with Gasteiger partial charge in [0.2, 0.25) is 5.69 Å². The number of hydrogen-bond donors (Lipinski definition) is 0. The van der Waals surface area contributed by atoms with Gasteiger partial charge in [-0.25, -0.2) is 4.39 Å². The lowest BCUT2D eigenvalue weighted by Crippen LogP contribution is -2.72. The maximum Gasteiger partial charge on any atom is 0.364 e. The first-order valence-electron chi connectivity index (χ1n) is 22.2. The molecule has 4 nitrogen and oxygen atoms in total. The Morgan fingerprint density at radius 3 is 2.11 bits per heavy atom. The maximum absolute atomic E-state index is 16.6. The fourth-order valence-corrected chi connectivity index (χ4v) is 13.1. The standard InChI is InChI=1S/C58H44FN3OSi/c1-35-23-25-37(26-24-35)39-27-28-41-43-29-30-47-54(56(43)63-52(41)32-39)57-61(55-42-18-10-9-17-40(42)48(59)33-45(55)38-15-7-6-8-16-38)49-21-13-14-22-50(49)62(57)58(47)46-20-12-11-19-44(46)51-31-36(2)53(34-60(51)58)64(3,4)5/h6-34H,1-5H3/q+2. The summed E-state index contributed by atoms with van der Waals surface area (Å²) < 4.78 is 31.5. The minimum absolute atomic E-state index is 0.247. The molecule has 3 aromatic heterocycles. The van der Waals surface area contributed by atoms with Gasteiger partial charge in [0.05, 0.1) is 24.8 Å². The molecule has 1 unspecified atom stereocenters. The molecule has 64 heavy (non-hydrogen) atoms. The summed E-state index contributed by atoms with van der Waals surface area (Å²) in [6, 6.07) is 60.0. The van der Waals surface area contributed by atoms with E-state index in [-0.39, 0.29) is 5.82 Å². The number of hydrogen-bond acceptors (Lipinski definition) is 1. The highest BCUT2D eigenvalue weighted by Crippen LogP contribution is 2.53. The number of nitrogens with zero attached hydrogens (tertiary/aromatic N) is 3. The summed E-state index contributed by atoms with van der Waals surface area (Å²) in [5, 5.41) is 4.96. The summed E-state index contributed by atoms with van der Waals surface area (Å²) in [4.78, 5) is 0. The Balaban J connectivity index is 1.25. The lowest BCUT2D eigenvalue weighted by molar-refractivity contribution is -0.944. The van der Waals surface area contributed by atoms with Crippen LogP contribution in [-0.4, -0.2) is 12.6 Å². The molecule has 0 saturated heterocycles. The molecule has 13 rings (SSSR count). The topological polar surface area (TPSA) is 25.8 Å². The molecule has 1 spiro atoms. The second kappa shape index (κ2) is 13.1. The van der Waals surface area contributed by atoms with Crippen LogP contribution in [0.5, 0.6) is 0 Å². The van der Waals surface area contributed by atoms with Crippen molar-refractivity contribution in [2.24, 2.45) is 0 Å². The molecule has 0 fully saturated rings. The smallest absolute Gasteiger partial charge is 0.364 e. The van der Waals surface area contributed by atoms with Gasteiger partial charge in [-0.05, 0) is 96.8 Å². The van der Waals surface area contributed by atoms with Crippen molar-refractivity contribution in [3.63, 3.8) is 0 Å². The van der Waals surface area contributed by atoms with Crippen molar-refractivity contribution in [3.8, 4) is 50.6 Å². The number of fused-ring (bicyclic) bond motifs is 17. The number of imidazole rings is 1. The van der Waals surface area contributed by atoms with Gasteiger partial charge in [-0.3, -0.25) is 0 Å². The van der Waals surface area contributed by atoms with Gasteiger partial charge in [-0.2, -0.15) is 4.57 Å². The fraction of sp³-hybridized carbons (Fsp3) is 0.103. The van der Waals surface area contributed by atoms with E-state index < -0.39 is 13.7 Å². The Bertz CT molecular complexity index is 3800. The number of furan rings is 1. The van der Waals surface area contributed by atoms with E-state index in [0.29, 0.717) is 5.39 Å². The zero-order chi connectivity index (χ0) is 43.2. The van der Waals surface area contributed by atoms with Crippen LogP contribution in [0.1, 0.15) is 22.3 Å².